The molecule has 0 saturated carbocycles. The van der Waals surface area contributed by atoms with Gasteiger partial charge in [-0.15, -0.1) is 11.3 Å². The number of rotatable bonds is 6. The smallest absolute Gasteiger partial charge is 0.241 e. The SMILES string of the molecule is CN(Cc1nc(-c2cccs2)no1)C(c1ccccc1)c1ccc(F)cc1. The van der Waals surface area contributed by atoms with Crippen molar-refractivity contribution in [3.05, 3.63) is 94.9 Å². The number of thiophene rings is 1. The van der Waals surface area contributed by atoms with Crippen molar-refractivity contribution >= 4 is 11.3 Å². The van der Waals surface area contributed by atoms with E-state index in [1.807, 2.05) is 54.9 Å². The monoisotopic (exact) mass is 379 g/mol. The van der Waals surface area contributed by atoms with Crippen molar-refractivity contribution in [3.8, 4) is 10.7 Å². The van der Waals surface area contributed by atoms with Gasteiger partial charge in [0, 0.05) is 0 Å². The molecule has 0 saturated heterocycles. The minimum absolute atomic E-state index is 0.0520. The van der Waals surface area contributed by atoms with Crippen molar-refractivity contribution in [2.75, 3.05) is 7.05 Å². The number of hydrogen-bond donors (Lipinski definition) is 0. The van der Waals surface area contributed by atoms with E-state index in [4.69, 9.17) is 4.52 Å². The lowest BCUT2D eigenvalue weighted by molar-refractivity contribution is 0.229. The summed E-state index contributed by atoms with van der Waals surface area (Å²) in [5.41, 5.74) is 2.12. The summed E-state index contributed by atoms with van der Waals surface area (Å²) in [6, 6.07) is 20.6. The molecule has 4 nitrogen and oxygen atoms in total. The minimum atomic E-state index is -0.245. The summed E-state index contributed by atoms with van der Waals surface area (Å²) in [6.07, 6.45) is 0. The first-order valence-corrected chi connectivity index (χ1v) is 9.46. The lowest BCUT2D eigenvalue weighted by Crippen LogP contribution is -2.25. The lowest BCUT2D eigenvalue weighted by atomic mass is 9.97. The van der Waals surface area contributed by atoms with E-state index in [-0.39, 0.29) is 11.9 Å². The van der Waals surface area contributed by atoms with Gasteiger partial charge in [0.25, 0.3) is 0 Å². The maximum absolute atomic E-state index is 13.4. The third kappa shape index (κ3) is 3.97. The van der Waals surface area contributed by atoms with Crippen LogP contribution in [0.2, 0.25) is 0 Å². The van der Waals surface area contributed by atoms with Gasteiger partial charge in [0.1, 0.15) is 5.82 Å². The molecule has 1 unspecified atom stereocenters. The summed E-state index contributed by atoms with van der Waals surface area (Å²) in [5, 5.41) is 6.06. The van der Waals surface area contributed by atoms with Crippen LogP contribution in [0, 0.1) is 5.82 Å². The maximum atomic E-state index is 13.4. The van der Waals surface area contributed by atoms with Crippen LogP contribution in [0.1, 0.15) is 23.1 Å². The van der Waals surface area contributed by atoms with Crippen LogP contribution in [-0.2, 0) is 6.54 Å². The second-order valence-corrected chi connectivity index (χ2v) is 7.22. The van der Waals surface area contributed by atoms with Crippen molar-refractivity contribution < 1.29 is 8.91 Å². The van der Waals surface area contributed by atoms with Gasteiger partial charge in [-0.25, -0.2) is 4.39 Å². The summed E-state index contributed by atoms with van der Waals surface area (Å²) in [6.45, 7) is 0.481. The van der Waals surface area contributed by atoms with Crippen LogP contribution in [-0.4, -0.2) is 22.1 Å². The molecule has 0 fully saturated rings. The molecule has 2 aromatic carbocycles. The topological polar surface area (TPSA) is 42.2 Å². The fraction of sp³-hybridized carbons (Fsp3) is 0.143. The van der Waals surface area contributed by atoms with Crippen LogP contribution >= 0.6 is 11.3 Å². The quantitative estimate of drug-likeness (QED) is 0.464. The van der Waals surface area contributed by atoms with E-state index in [2.05, 4.69) is 27.2 Å². The van der Waals surface area contributed by atoms with Gasteiger partial charge < -0.3 is 4.52 Å². The molecule has 6 heteroatoms. The highest BCUT2D eigenvalue weighted by Crippen LogP contribution is 2.29. The van der Waals surface area contributed by atoms with Crippen molar-refractivity contribution in [1.82, 2.24) is 15.0 Å². The molecule has 0 aliphatic rings. The predicted octanol–water partition coefficient (Wildman–Crippen LogP) is 5.16. The van der Waals surface area contributed by atoms with E-state index < -0.39 is 0 Å². The van der Waals surface area contributed by atoms with Crippen molar-refractivity contribution in [3.63, 3.8) is 0 Å². The molecule has 0 radical (unpaired) electrons. The summed E-state index contributed by atoms with van der Waals surface area (Å²) in [5.74, 6) is 0.904. The van der Waals surface area contributed by atoms with E-state index in [0.717, 1.165) is 16.0 Å². The van der Waals surface area contributed by atoms with Crippen LogP contribution in [0.15, 0.2) is 76.6 Å². The Kier molecular flexibility index (Phi) is 5.09. The Morgan fingerprint density at radius 1 is 1.00 bits per heavy atom. The van der Waals surface area contributed by atoms with Crippen LogP contribution in [0.4, 0.5) is 4.39 Å². The third-order valence-corrected chi connectivity index (χ3v) is 5.20. The second kappa shape index (κ2) is 7.82. The van der Waals surface area contributed by atoms with E-state index in [1.165, 1.54) is 12.1 Å². The average molecular weight is 379 g/mol. The number of halogens is 1. The third-order valence-electron chi connectivity index (χ3n) is 4.34. The number of hydrogen-bond acceptors (Lipinski definition) is 5. The maximum Gasteiger partial charge on any atom is 0.241 e. The fourth-order valence-corrected chi connectivity index (χ4v) is 3.76. The molecule has 4 rings (SSSR count). The van der Waals surface area contributed by atoms with Gasteiger partial charge >= 0.3 is 0 Å². The van der Waals surface area contributed by atoms with Crippen molar-refractivity contribution in [2.45, 2.75) is 12.6 Å². The molecular weight excluding hydrogens is 361 g/mol. The Balaban J connectivity index is 1.61. The average Bonchev–Trinajstić information content (AvgIpc) is 3.36. The Hall–Kier alpha value is -2.83. The Labute approximate surface area is 160 Å². The first kappa shape index (κ1) is 17.6. The highest BCUT2D eigenvalue weighted by molar-refractivity contribution is 7.13. The lowest BCUT2D eigenvalue weighted by Gasteiger charge is -2.27. The Morgan fingerprint density at radius 3 is 2.44 bits per heavy atom. The van der Waals surface area contributed by atoms with Crippen molar-refractivity contribution in [1.29, 1.82) is 0 Å². The van der Waals surface area contributed by atoms with Gasteiger partial charge in [0.05, 0.1) is 17.5 Å². The molecule has 0 aliphatic carbocycles. The van der Waals surface area contributed by atoms with E-state index in [1.54, 1.807) is 11.3 Å². The zero-order valence-electron chi connectivity index (χ0n) is 14.7. The summed E-state index contributed by atoms with van der Waals surface area (Å²) in [4.78, 5) is 7.60. The molecule has 1 atom stereocenters. The zero-order valence-corrected chi connectivity index (χ0v) is 15.6. The molecule has 2 heterocycles. The highest BCUT2D eigenvalue weighted by atomic mass is 32.1. The molecule has 4 aromatic rings. The molecule has 0 spiro atoms. The zero-order chi connectivity index (χ0) is 18.6. The number of aromatic nitrogens is 2. The van der Waals surface area contributed by atoms with Gasteiger partial charge in [-0.3, -0.25) is 4.90 Å². The van der Waals surface area contributed by atoms with Gasteiger partial charge in [-0.1, -0.05) is 53.7 Å². The van der Waals surface area contributed by atoms with Crippen LogP contribution in [0.25, 0.3) is 10.7 Å². The normalized spacial score (nSPS) is 12.4. The Bertz CT molecular complexity index is 984. The molecule has 27 heavy (non-hydrogen) atoms. The van der Waals surface area contributed by atoms with E-state index in [0.29, 0.717) is 18.3 Å². The van der Waals surface area contributed by atoms with E-state index >= 15 is 0 Å². The number of nitrogens with zero attached hydrogens (tertiary/aromatic N) is 3. The molecule has 2 aromatic heterocycles. The van der Waals surface area contributed by atoms with Crippen LogP contribution < -0.4 is 0 Å². The van der Waals surface area contributed by atoms with Gasteiger partial charge in [-0.2, -0.15) is 4.98 Å². The standard InChI is InChI=1S/C21H18FN3OS/c1-25(14-19-23-21(24-26-19)18-8-5-13-27-18)20(15-6-3-2-4-7-15)16-9-11-17(22)12-10-16/h2-13,20H,14H2,1H3. The predicted molar refractivity (Wildman–Crippen MR) is 104 cm³/mol. The van der Waals surface area contributed by atoms with Gasteiger partial charge in [0.15, 0.2) is 0 Å². The van der Waals surface area contributed by atoms with Crippen LogP contribution in [0.5, 0.6) is 0 Å². The molecule has 0 N–H and O–H groups in total. The second-order valence-electron chi connectivity index (χ2n) is 6.27. The molecule has 0 aliphatic heterocycles. The van der Waals surface area contributed by atoms with Crippen LogP contribution in [0.3, 0.4) is 0 Å². The summed E-state index contributed by atoms with van der Waals surface area (Å²) < 4.78 is 18.8. The molecule has 0 amide bonds. The summed E-state index contributed by atoms with van der Waals surface area (Å²) >= 11 is 1.58. The number of benzene rings is 2. The van der Waals surface area contributed by atoms with Gasteiger partial charge in [0.2, 0.25) is 11.7 Å². The van der Waals surface area contributed by atoms with Gasteiger partial charge in [-0.05, 0) is 41.8 Å². The highest BCUT2D eigenvalue weighted by Gasteiger charge is 2.22. The molecular formula is C21H18FN3OS. The Morgan fingerprint density at radius 2 is 1.74 bits per heavy atom. The van der Waals surface area contributed by atoms with E-state index in [9.17, 15) is 4.39 Å². The largest absolute Gasteiger partial charge is 0.338 e. The molecule has 136 valence electrons. The minimum Gasteiger partial charge on any atom is -0.338 e. The molecule has 0 bridgehead atoms. The first-order valence-electron chi connectivity index (χ1n) is 8.58. The summed E-state index contributed by atoms with van der Waals surface area (Å²) in [7, 11) is 2.00. The fourth-order valence-electron chi connectivity index (χ4n) is 3.11. The van der Waals surface area contributed by atoms with Crippen molar-refractivity contribution in [2.24, 2.45) is 0 Å². The first-order chi connectivity index (χ1) is 13.2.